The summed E-state index contributed by atoms with van der Waals surface area (Å²) >= 11 is 1.40. The molecule has 2 rings (SSSR count). The normalized spacial score (nSPS) is 16.0. The number of thiazole rings is 1. The molecular weight excluding hydrogens is 286 g/mol. The van der Waals surface area contributed by atoms with Gasteiger partial charge in [-0.05, 0) is 39.8 Å². The Kier molecular flexibility index (Phi) is 5.41. The SMILES string of the molecule is CCN(CC)c1nc(N)c(C(=O)N(C)C2CCNCC2)s1. The van der Waals surface area contributed by atoms with Gasteiger partial charge in [0.15, 0.2) is 5.13 Å². The van der Waals surface area contributed by atoms with Gasteiger partial charge in [-0.2, -0.15) is 0 Å². The highest BCUT2D eigenvalue weighted by Crippen LogP contribution is 2.29. The van der Waals surface area contributed by atoms with Gasteiger partial charge in [0, 0.05) is 26.2 Å². The number of nitrogens with two attached hydrogens (primary N) is 1. The minimum atomic E-state index is -0.00435. The average Bonchev–Trinajstić information content (AvgIpc) is 2.89. The highest BCUT2D eigenvalue weighted by Gasteiger charge is 2.27. The number of nitrogens with one attached hydrogen (secondary N) is 1. The zero-order chi connectivity index (χ0) is 15.4. The monoisotopic (exact) mass is 311 g/mol. The molecule has 0 unspecified atom stereocenters. The maximum atomic E-state index is 12.7. The van der Waals surface area contributed by atoms with Crippen molar-refractivity contribution in [3.05, 3.63) is 4.88 Å². The zero-order valence-corrected chi connectivity index (χ0v) is 13.9. The molecule has 7 heteroatoms. The van der Waals surface area contributed by atoms with Crippen LogP contribution in [0.3, 0.4) is 0 Å². The third-order valence-electron chi connectivity index (χ3n) is 4.05. The number of carbonyl (C=O) groups excluding carboxylic acids is 1. The quantitative estimate of drug-likeness (QED) is 0.860. The van der Waals surface area contributed by atoms with Gasteiger partial charge in [0.25, 0.3) is 5.91 Å². The van der Waals surface area contributed by atoms with Gasteiger partial charge in [-0.25, -0.2) is 4.98 Å². The molecule has 0 radical (unpaired) electrons. The van der Waals surface area contributed by atoms with E-state index in [0.717, 1.165) is 44.2 Å². The first-order chi connectivity index (χ1) is 10.1. The molecule has 118 valence electrons. The lowest BCUT2D eigenvalue weighted by Gasteiger charge is -2.31. The second-order valence-corrected chi connectivity index (χ2v) is 6.26. The molecule has 1 aliphatic heterocycles. The Bertz CT molecular complexity index is 480. The van der Waals surface area contributed by atoms with E-state index in [9.17, 15) is 4.79 Å². The Morgan fingerprint density at radius 3 is 2.57 bits per heavy atom. The van der Waals surface area contributed by atoms with Gasteiger partial charge in [-0.1, -0.05) is 11.3 Å². The van der Waals surface area contributed by atoms with Gasteiger partial charge in [0.1, 0.15) is 10.7 Å². The Labute approximate surface area is 130 Å². The first kappa shape index (κ1) is 16.0. The van der Waals surface area contributed by atoms with Crippen LogP contribution in [-0.4, -0.2) is 55.1 Å². The second kappa shape index (κ2) is 7.09. The summed E-state index contributed by atoms with van der Waals surface area (Å²) in [7, 11) is 1.87. The van der Waals surface area contributed by atoms with Gasteiger partial charge in [-0.15, -0.1) is 0 Å². The van der Waals surface area contributed by atoms with Gasteiger partial charge >= 0.3 is 0 Å². The molecule has 0 aliphatic carbocycles. The van der Waals surface area contributed by atoms with Gasteiger partial charge in [0.2, 0.25) is 0 Å². The van der Waals surface area contributed by atoms with Crippen LogP contribution in [-0.2, 0) is 0 Å². The first-order valence-electron chi connectivity index (χ1n) is 7.57. The van der Waals surface area contributed by atoms with Crippen LogP contribution < -0.4 is 16.0 Å². The number of nitrogens with zero attached hydrogens (tertiary/aromatic N) is 3. The lowest BCUT2D eigenvalue weighted by atomic mass is 10.1. The predicted octanol–water partition coefficient (Wildman–Crippen LogP) is 1.40. The predicted molar refractivity (Wildman–Crippen MR) is 88.1 cm³/mol. The molecule has 2 heterocycles. The number of piperidine rings is 1. The second-order valence-electron chi connectivity index (χ2n) is 5.28. The minimum absolute atomic E-state index is 0.00435. The average molecular weight is 311 g/mol. The molecule has 1 fully saturated rings. The molecular formula is C14H25N5OS. The standard InChI is InChI=1S/C14H25N5OS/c1-4-19(5-2)14-17-12(15)11(21-14)13(20)18(3)10-6-8-16-9-7-10/h10,16H,4-9,15H2,1-3H3. The Balaban J connectivity index is 2.14. The van der Waals surface area contributed by atoms with Crippen LogP contribution in [0, 0.1) is 0 Å². The number of nitrogen functional groups attached to an aromatic ring is 1. The van der Waals surface area contributed by atoms with Crippen molar-refractivity contribution in [2.45, 2.75) is 32.7 Å². The summed E-state index contributed by atoms with van der Waals surface area (Å²) in [6.45, 7) is 7.80. The fourth-order valence-corrected chi connectivity index (χ4v) is 3.72. The topological polar surface area (TPSA) is 74.5 Å². The molecule has 6 nitrogen and oxygen atoms in total. The van der Waals surface area contributed by atoms with E-state index in [1.807, 2.05) is 11.9 Å². The van der Waals surface area contributed by atoms with Crippen molar-refractivity contribution < 1.29 is 4.79 Å². The van der Waals surface area contributed by atoms with Crippen LogP contribution in [0.1, 0.15) is 36.4 Å². The van der Waals surface area contributed by atoms with Crippen LogP contribution in [0.5, 0.6) is 0 Å². The van der Waals surface area contributed by atoms with Crippen molar-refractivity contribution in [2.75, 3.05) is 43.9 Å². The summed E-state index contributed by atoms with van der Waals surface area (Å²) in [6.07, 6.45) is 1.98. The highest BCUT2D eigenvalue weighted by atomic mass is 32.1. The third-order valence-corrected chi connectivity index (χ3v) is 5.17. The van der Waals surface area contributed by atoms with Crippen molar-refractivity contribution in [3.63, 3.8) is 0 Å². The number of rotatable bonds is 5. The van der Waals surface area contributed by atoms with Crippen LogP contribution >= 0.6 is 11.3 Å². The van der Waals surface area contributed by atoms with Crippen molar-refractivity contribution in [3.8, 4) is 0 Å². The fraction of sp³-hybridized carbons (Fsp3) is 0.714. The van der Waals surface area contributed by atoms with E-state index < -0.39 is 0 Å². The molecule has 3 N–H and O–H groups in total. The molecule has 1 aromatic heterocycles. The highest BCUT2D eigenvalue weighted by molar-refractivity contribution is 7.18. The van der Waals surface area contributed by atoms with Crippen molar-refractivity contribution in [1.82, 2.24) is 15.2 Å². The summed E-state index contributed by atoms with van der Waals surface area (Å²) in [4.78, 5) is 21.5. The number of aromatic nitrogens is 1. The van der Waals surface area contributed by atoms with Crippen LogP contribution in [0.4, 0.5) is 10.9 Å². The smallest absolute Gasteiger partial charge is 0.267 e. The van der Waals surface area contributed by atoms with E-state index in [-0.39, 0.29) is 11.9 Å². The molecule has 21 heavy (non-hydrogen) atoms. The molecule has 1 amide bonds. The van der Waals surface area contributed by atoms with Crippen molar-refractivity contribution in [2.24, 2.45) is 0 Å². The molecule has 0 saturated carbocycles. The fourth-order valence-electron chi connectivity index (χ4n) is 2.62. The zero-order valence-electron chi connectivity index (χ0n) is 13.1. The molecule has 0 aromatic carbocycles. The summed E-state index contributed by atoms with van der Waals surface area (Å²) in [5.41, 5.74) is 5.97. The van der Waals surface area contributed by atoms with Crippen LogP contribution in [0.2, 0.25) is 0 Å². The van der Waals surface area contributed by atoms with Gasteiger partial charge in [0.05, 0.1) is 0 Å². The van der Waals surface area contributed by atoms with E-state index in [1.165, 1.54) is 11.3 Å². The number of anilines is 2. The minimum Gasteiger partial charge on any atom is -0.382 e. The van der Waals surface area contributed by atoms with E-state index in [0.29, 0.717) is 10.7 Å². The lowest BCUT2D eigenvalue weighted by Crippen LogP contribution is -2.43. The molecule has 1 aliphatic rings. The van der Waals surface area contributed by atoms with Crippen molar-refractivity contribution >= 4 is 28.2 Å². The molecule has 0 spiro atoms. The van der Waals surface area contributed by atoms with E-state index >= 15 is 0 Å². The molecule has 1 saturated heterocycles. The maximum absolute atomic E-state index is 12.7. The van der Waals surface area contributed by atoms with Crippen LogP contribution in [0.25, 0.3) is 0 Å². The number of amides is 1. The lowest BCUT2D eigenvalue weighted by molar-refractivity contribution is 0.0709. The van der Waals surface area contributed by atoms with Crippen LogP contribution in [0.15, 0.2) is 0 Å². The van der Waals surface area contributed by atoms with Crippen molar-refractivity contribution in [1.29, 1.82) is 0 Å². The maximum Gasteiger partial charge on any atom is 0.267 e. The van der Waals surface area contributed by atoms with E-state index in [1.54, 1.807) is 0 Å². The Hall–Kier alpha value is -1.34. The summed E-state index contributed by atoms with van der Waals surface area (Å²) < 4.78 is 0. The van der Waals surface area contributed by atoms with E-state index in [4.69, 9.17) is 5.73 Å². The summed E-state index contributed by atoms with van der Waals surface area (Å²) in [5.74, 6) is 0.350. The first-order valence-corrected chi connectivity index (χ1v) is 8.39. The van der Waals surface area contributed by atoms with Gasteiger partial charge < -0.3 is 20.9 Å². The number of carbonyl (C=O) groups is 1. The Morgan fingerprint density at radius 2 is 2.00 bits per heavy atom. The van der Waals surface area contributed by atoms with Gasteiger partial charge in [-0.3, -0.25) is 4.79 Å². The number of hydrogen-bond donors (Lipinski definition) is 2. The molecule has 0 atom stereocenters. The molecule has 1 aromatic rings. The molecule has 0 bridgehead atoms. The Morgan fingerprint density at radius 1 is 1.38 bits per heavy atom. The third kappa shape index (κ3) is 3.47. The summed E-state index contributed by atoms with van der Waals surface area (Å²) in [5, 5.41) is 4.15. The van der Waals surface area contributed by atoms with E-state index in [2.05, 4.69) is 29.0 Å². The summed E-state index contributed by atoms with van der Waals surface area (Å²) in [6, 6.07) is 0.289. The number of hydrogen-bond acceptors (Lipinski definition) is 6. The largest absolute Gasteiger partial charge is 0.382 e.